The third-order valence-electron chi connectivity index (χ3n) is 7.00. The van der Waals surface area contributed by atoms with Crippen molar-refractivity contribution in [3.8, 4) is 11.5 Å². The van der Waals surface area contributed by atoms with Crippen LogP contribution in [0.1, 0.15) is 29.7 Å². The first-order chi connectivity index (χ1) is 19.3. The van der Waals surface area contributed by atoms with Gasteiger partial charge in [0.1, 0.15) is 17.3 Å². The number of H-pyrrole nitrogens is 1. The van der Waals surface area contributed by atoms with Crippen LogP contribution in [0.5, 0.6) is 11.5 Å². The summed E-state index contributed by atoms with van der Waals surface area (Å²) < 4.78 is 10.8. The van der Waals surface area contributed by atoms with E-state index in [9.17, 15) is 24.8 Å². The Kier molecular flexibility index (Phi) is 7.24. The molecule has 1 aliphatic rings. The number of hydrogen-bond acceptors (Lipinski definition) is 7. The summed E-state index contributed by atoms with van der Waals surface area (Å²) in [6, 6.07) is 16.8. The van der Waals surface area contributed by atoms with Crippen LogP contribution < -0.4 is 9.47 Å². The minimum Gasteiger partial charge on any atom is -0.507 e. The number of nitro benzene ring substituents is 1. The number of carbonyl (C=O) groups is 2. The topological polar surface area (TPSA) is 135 Å². The number of ether oxygens (including phenoxy) is 2. The summed E-state index contributed by atoms with van der Waals surface area (Å²) in [6.07, 6.45) is 2.17. The number of hydrogen-bond donors (Lipinski definition) is 2. The molecule has 10 nitrogen and oxygen atoms in total. The van der Waals surface area contributed by atoms with E-state index in [1.54, 1.807) is 37.4 Å². The molecule has 4 aromatic rings. The summed E-state index contributed by atoms with van der Waals surface area (Å²) in [5, 5.41) is 24.2. The van der Waals surface area contributed by atoms with Gasteiger partial charge in [-0.05, 0) is 67.4 Å². The quantitative estimate of drug-likeness (QED) is 0.0984. The van der Waals surface area contributed by atoms with Crippen molar-refractivity contribution in [1.29, 1.82) is 0 Å². The first kappa shape index (κ1) is 26.5. The van der Waals surface area contributed by atoms with Crippen LogP contribution in [0.3, 0.4) is 0 Å². The lowest BCUT2D eigenvalue weighted by Gasteiger charge is -2.25. The summed E-state index contributed by atoms with van der Waals surface area (Å²) in [6.45, 7) is 2.37. The number of para-hydroxylation sites is 1. The van der Waals surface area contributed by atoms with Crippen molar-refractivity contribution < 1.29 is 29.1 Å². The molecule has 0 aliphatic carbocycles. The largest absolute Gasteiger partial charge is 0.507 e. The number of aliphatic hydroxyl groups is 1. The molecule has 1 amide bonds. The van der Waals surface area contributed by atoms with Gasteiger partial charge in [0.2, 0.25) is 0 Å². The second-order valence-electron chi connectivity index (χ2n) is 9.24. The SMILES string of the molecule is CCOc1ccc(C(O)=C2C(=O)C(=O)N(CCc3c[nH]c4ccc(OC)cc34)[C@H]2c2ccccc2[N+](=O)[O-])cc1. The predicted molar refractivity (Wildman–Crippen MR) is 148 cm³/mol. The summed E-state index contributed by atoms with van der Waals surface area (Å²) >= 11 is 0. The molecule has 0 saturated carbocycles. The minimum atomic E-state index is -1.16. The molecule has 1 saturated heterocycles. The van der Waals surface area contributed by atoms with Gasteiger partial charge in [-0.1, -0.05) is 12.1 Å². The summed E-state index contributed by atoms with van der Waals surface area (Å²) in [5.74, 6) is -0.916. The Morgan fingerprint density at radius 1 is 1.07 bits per heavy atom. The Morgan fingerprint density at radius 3 is 2.50 bits per heavy atom. The number of carbonyl (C=O) groups excluding carboxylic acids is 2. The van der Waals surface area contributed by atoms with E-state index in [4.69, 9.17) is 9.47 Å². The zero-order valence-electron chi connectivity index (χ0n) is 21.9. The maximum Gasteiger partial charge on any atom is 0.295 e. The van der Waals surface area contributed by atoms with E-state index in [1.807, 2.05) is 31.3 Å². The summed E-state index contributed by atoms with van der Waals surface area (Å²) in [5.41, 5.74) is 1.72. The number of nitrogens with zero attached hydrogens (tertiary/aromatic N) is 2. The van der Waals surface area contributed by atoms with Crippen LogP contribution in [-0.4, -0.2) is 51.9 Å². The van der Waals surface area contributed by atoms with Crippen LogP contribution >= 0.6 is 0 Å². The van der Waals surface area contributed by atoms with E-state index < -0.39 is 28.4 Å². The van der Waals surface area contributed by atoms with Crippen molar-refractivity contribution in [2.24, 2.45) is 0 Å². The van der Waals surface area contributed by atoms with Gasteiger partial charge in [0, 0.05) is 35.3 Å². The Bertz CT molecular complexity index is 1640. The smallest absolute Gasteiger partial charge is 0.295 e. The van der Waals surface area contributed by atoms with Gasteiger partial charge in [-0.15, -0.1) is 0 Å². The number of fused-ring (bicyclic) bond motifs is 1. The number of amides is 1. The molecule has 0 spiro atoms. The van der Waals surface area contributed by atoms with Gasteiger partial charge in [-0.25, -0.2) is 0 Å². The molecule has 204 valence electrons. The maximum atomic E-state index is 13.4. The fourth-order valence-electron chi connectivity index (χ4n) is 5.08. The number of aliphatic hydroxyl groups excluding tert-OH is 1. The Balaban J connectivity index is 1.59. The van der Waals surface area contributed by atoms with Crippen LogP contribution in [0.25, 0.3) is 16.7 Å². The minimum absolute atomic E-state index is 0.0749. The van der Waals surface area contributed by atoms with Gasteiger partial charge in [0.15, 0.2) is 0 Å². The number of methoxy groups -OCH3 is 1. The van der Waals surface area contributed by atoms with Gasteiger partial charge in [0.05, 0.1) is 35.8 Å². The molecule has 2 heterocycles. The molecule has 2 N–H and O–H groups in total. The highest BCUT2D eigenvalue weighted by Crippen LogP contribution is 2.42. The lowest BCUT2D eigenvalue weighted by atomic mass is 9.94. The number of aromatic amines is 1. The normalized spacial score (nSPS) is 16.4. The van der Waals surface area contributed by atoms with Crippen LogP contribution in [0.15, 0.2) is 78.5 Å². The van der Waals surface area contributed by atoms with E-state index in [0.29, 0.717) is 24.5 Å². The second-order valence-corrected chi connectivity index (χ2v) is 9.24. The number of benzene rings is 3. The first-order valence-electron chi connectivity index (χ1n) is 12.7. The van der Waals surface area contributed by atoms with Crippen LogP contribution in [0.4, 0.5) is 5.69 Å². The zero-order chi connectivity index (χ0) is 28.4. The zero-order valence-corrected chi connectivity index (χ0v) is 21.9. The molecule has 1 aromatic heterocycles. The van der Waals surface area contributed by atoms with Crippen molar-refractivity contribution in [2.75, 3.05) is 20.3 Å². The summed E-state index contributed by atoms with van der Waals surface area (Å²) in [4.78, 5) is 42.7. The number of Topliss-reactive ketones (excluding diaryl/α,β-unsaturated/α-hetero) is 1. The fourth-order valence-corrected chi connectivity index (χ4v) is 5.08. The Labute approximate surface area is 229 Å². The highest BCUT2D eigenvalue weighted by Gasteiger charge is 2.47. The molecule has 1 fully saturated rings. The molecule has 0 unspecified atom stereocenters. The van der Waals surface area contributed by atoms with Crippen LogP contribution in [-0.2, 0) is 16.0 Å². The highest BCUT2D eigenvalue weighted by molar-refractivity contribution is 6.46. The van der Waals surface area contributed by atoms with Gasteiger partial charge in [0.25, 0.3) is 17.4 Å². The number of rotatable bonds is 9. The number of aromatic nitrogens is 1. The third-order valence-corrected chi connectivity index (χ3v) is 7.00. The van der Waals surface area contributed by atoms with E-state index in [1.165, 1.54) is 23.1 Å². The van der Waals surface area contributed by atoms with E-state index in [-0.39, 0.29) is 28.9 Å². The molecule has 1 aliphatic heterocycles. The van der Waals surface area contributed by atoms with Crippen molar-refractivity contribution in [3.05, 3.63) is 105 Å². The summed E-state index contributed by atoms with van der Waals surface area (Å²) in [7, 11) is 1.57. The standard InChI is InChI=1S/C30H27N3O7/c1-3-40-20-10-8-18(9-11-20)28(34)26-27(22-6-4-5-7-25(22)33(37)38)32(30(36)29(26)35)15-14-19-17-31-24-13-12-21(39-2)16-23(19)24/h4-13,16-17,27,31,34H,3,14-15H2,1-2H3/t27-/m0/s1. The molecule has 40 heavy (non-hydrogen) atoms. The van der Waals surface area contributed by atoms with Gasteiger partial charge in [-0.3, -0.25) is 19.7 Å². The average molecular weight is 542 g/mol. The molecule has 0 bridgehead atoms. The van der Waals surface area contributed by atoms with Crippen molar-refractivity contribution in [1.82, 2.24) is 9.88 Å². The van der Waals surface area contributed by atoms with E-state index in [2.05, 4.69) is 4.98 Å². The number of nitrogens with one attached hydrogen (secondary N) is 1. The first-order valence-corrected chi connectivity index (χ1v) is 12.7. The predicted octanol–water partition coefficient (Wildman–Crippen LogP) is 5.15. The molecule has 0 radical (unpaired) electrons. The lowest BCUT2D eigenvalue weighted by Crippen LogP contribution is -2.32. The average Bonchev–Trinajstić information content (AvgIpc) is 3.49. The van der Waals surface area contributed by atoms with Crippen molar-refractivity contribution in [3.63, 3.8) is 0 Å². The monoisotopic (exact) mass is 541 g/mol. The lowest BCUT2D eigenvalue weighted by molar-refractivity contribution is -0.385. The van der Waals surface area contributed by atoms with E-state index in [0.717, 1.165) is 16.5 Å². The molecule has 1 atom stereocenters. The fraction of sp³-hybridized carbons (Fsp3) is 0.200. The van der Waals surface area contributed by atoms with E-state index >= 15 is 0 Å². The highest BCUT2D eigenvalue weighted by atomic mass is 16.6. The Morgan fingerprint density at radius 2 is 1.80 bits per heavy atom. The van der Waals surface area contributed by atoms with Crippen LogP contribution in [0, 0.1) is 10.1 Å². The third kappa shape index (κ3) is 4.75. The number of likely N-dealkylation sites (tertiary alicyclic amines) is 1. The molecular weight excluding hydrogens is 514 g/mol. The van der Waals surface area contributed by atoms with Gasteiger partial charge < -0.3 is 24.5 Å². The molecule has 3 aromatic carbocycles. The Hall–Kier alpha value is -5.12. The van der Waals surface area contributed by atoms with Crippen LogP contribution in [0.2, 0.25) is 0 Å². The molecule has 10 heteroatoms. The number of nitro groups is 1. The maximum absolute atomic E-state index is 13.4. The van der Waals surface area contributed by atoms with Gasteiger partial charge in [-0.2, -0.15) is 0 Å². The molecule has 5 rings (SSSR count). The second kappa shape index (κ2) is 10.9. The number of ketones is 1. The van der Waals surface area contributed by atoms with Crippen molar-refractivity contribution >= 4 is 34.0 Å². The molecular formula is C30H27N3O7. The van der Waals surface area contributed by atoms with Gasteiger partial charge >= 0.3 is 0 Å². The van der Waals surface area contributed by atoms with Crippen molar-refractivity contribution in [2.45, 2.75) is 19.4 Å².